The zero-order chi connectivity index (χ0) is 9.19. The maximum absolute atomic E-state index is 5.43. The van der Waals surface area contributed by atoms with Crippen LogP contribution < -0.4 is 11.3 Å². The molecule has 12 heavy (non-hydrogen) atoms. The molecule has 2 nitrogen and oxygen atoms in total. The molecule has 2 heteroatoms. The van der Waals surface area contributed by atoms with E-state index in [2.05, 4.69) is 50.5 Å². The van der Waals surface area contributed by atoms with E-state index in [9.17, 15) is 0 Å². The summed E-state index contributed by atoms with van der Waals surface area (Å²) in [5.41, 5.74) is 5.11. The fourth-order valence-corrected chi connectivity index (χ4v) is 1.05. The highest BCUT2D eigenvalue weighted by atomic mass is 15.3. The zero-order valence-corrected chi connectivity index (χ0v) is 7.89. The van der Waals surface area contributed by atoms with Gasteiger partial charge in [0.05, 0.1) is 5.54 Å². The molecule has 0 amide bonds. The third-order valence-electron chi connectivity index (χ3n) is 2.13. The predicted octanol–water partition coefficient (Wildman–Crippen LogP) is 1.69. The molecule has 0 bridgehead atoms. The molecule has 0 aromatic heterocycles. The molecular formula is C10H16N2. The van der Waals surface area contributed by atoms with Crippen molar-refractivity contribution in [1.29, 1.82) is 0 Å². The van der Waals surface area contributed by atoms with Crippen molar-refractivity contribution in [1.82, 2.24) is 5.43 Å². The topological polar surface area (TPSA) is 38.0 Å². The minimum absolute atomic E-state index is 0.145. The molecule has 0 aliphatic rings. The molecular weight excluding hydrogens is 148 g/mol. The highest BCUT2D eigenvalue weighted by molar-refractivity contribution is 5.26. The molecule has 0 aliphatic carbocycles. The first-order valence-electron chi connectivity index (χ1n) is 4.11. The van der Waals surface area contributed by atoms with E-state index in [-0.39, 0.29) is 5.54 Å². The molecule has 0 aliphatic heterocycles. The minimum atomic E-state index is -0.145. The Bertz CT molecular complexity index is 249. The van der Waals surface area contributed by atoms with Crippen LogP contribution in [0.15, 0.2) is 24.3 Å². The summed E-state index contributed by atoms with van der Waals surface area (Å²) in [4.78, 5) is 0. The van der Waals surface area contributed by atoms with Crippen molar-refractivity contribution < 1.29 is 0 Å². The molecule has 1 aromatic rings. The van der Waals surface area contributed by atoms with Gasteiger partial charge in [-0.15, -0.1) is 0 Å². The summed E-state index contributed by atoms with van der Waals surface area (Å²) < 4.78 is 0. The Morgan fingerprint density at radius 1 is 1.17 bits per heavy atom. The Morgan fingerprint density at radius 3 is 2.08 bits per heavy atom. The smallest absolute Gasteiger partial charge is 0.0513 e. The number of hydrazine groups is 1. The Kier molecular flexibility index (Phi) is 2.50. The molecule has 0 saturated heterocycles. The van der Waals surface area contributed by atoms with Crippen LogP contribution in [0, 0.1) is 6.92 Å². The van der Waals surface area contributed by atoms with Crippen LogP contribution in [-0.4, -0.2) is 0 Å². The molecule has 1 aromatic carbocycles. The quantitative estimate of drug-likeness (QED) is 0.515. The maximum Gasteiger partial charge on any atom is 0.0513 e. The molecule has 0 saturated carbocycles. The number of benzene rings is 1. The third-order valence-corrected chi connectivity index (χ3v) is 2.13. The average molecular weight is 164 g/mol. The van der Waals surface area contributed by atoms with E-state index in [4.69, 9.17) is 5.84 Å². The lowest BCUT2D eigenvalue weighted by Gasteiger charge is -2.24. The van der Waals surface area contributed by atoms with E-state index in [0.29, 0.717) is 0 Å². The van der Waals surface area contributed by atoms with E-state index in [1.807, 2.05) is 0 Å². The zero-order valence-electron chi connectivity index (χ0n) is 7.89. The summed E-state index contributed by atoms with van der Waals surface area (Å²) >= 11 is 0. The normalized spacial score (nSPS) is 11.7. The van der Waals surface area contributed by atoms with E-state index in [1.165, 1.54) is 11.1 Å². The van der Waals surface area contributed by atoms with Gasteiger partial charge in [0, 0.05) is 0 Å². The SMILES string of the molecule is Cc1ccc(C(C)(C)NN)cc1. The Hall–Kier alpha value is -0.860. The van der Waals surface area contributed by atoms with Gasteiger partial charge in [-0.2, -0.15) is 0 Å². The van der Waals surface area contributed by atoms with Crippen molar-refractivity contribution in [2.24, 2.45) is 5.84 Å². The number of nitrogens with two attached hydrogens (primary N) is 1. The lowest BCUT2D eigenvalue weighted by molar-refractivity contribution is 0.414. The molecule has 0 fully saturated rings. The molecule has 0 spiro atoms. The highest BCUT2D eigenvalue weighted by Gasteiger charge is 2.16. The van der Waals surface area contributed by atoms with Crippen molar-refractivity contribution in [2.45, 2.75) is 26.3 Å². The van der Waals surface area contributed by atoms with E-state index in [1.54, 1.807) is 0 Å². The first-order chi connectivity index (χ1) is 5.56. The predicted molar refractivity (Wildman–Crippen MR) is 51.5 cm³/mol. The second kappa shape index (κ2) is 3.25. The molecule has 0 atom stereocenters. The number of hydrogen-bond donors (Lipinski definition) is 2. The second-order valence-corrected chi connectivity index (χ2v) is 3.64. The van der Waals surface area contributed by atoms with Gasteiger partial charge >= 0.3 is 0 Å². The summed E-state index contributed by atoms with van der Waals surface area (Å²) in [5.74, 6) is 5.43. The highest BCUT2D eigenvalue weighted by Crippen LogP contribution is 2.18. The Morgan fingerprint density at radius 2 is 1.67 bits per heavy atom. The van der Waals surface area contributed by atoms with Gasteiger partial charge in [-0.25, -0.2) is 0 Å². The summed E-state index contributed by atoms with van der Waals surface area (Å²) in [5, 5.41) is 0. The van der Waals surface area contributed by atoms with Crippen LogP contribution in [0.4, 0.5) is 0 Å². The summed E-state index contributed by atoms with van der Waals surface area (Å²) in [6.07, 6.45) is 0. The average Bonchev–Trinajstić information content (AvgIpc) is 2.05. The van der Waals surface area contributed by atoms with Crippen LogP contribution >= 0.6 is 0 Å². The van der Waals surface area contributed by atoms with Gasteiger partial charge in [-0.1, -0.05) is 29.8 Å². The minimum Gasteiger partial charge on any atom is -0.271 e. The summed E-state index contributed by atoms with van der Waals surface area (Å²) in [6.45, 7) is 6.18. The Labute approximate surface area is 73.8 Å². The molecule has 0 unspecified atom stereocenters. The van der Waals surface area contributed by atoms with Crippen molar-refractivity contribution >= 4 is 0 Å². The van der Waals surface area contributed by atoms with E-state index in [0.717, 1.165) is 0 Å². The fraction of sp³-hybridized carbons (Fsp3) is 0.400. The summed E-state index contributed by atoms with van der Waals surface area (Å²) in [6, 6.07) is 8.37. The van der Waals surface area contributed by atoms with Crippen LogP contribution in [0.3, 0.4) is 0 Å². The van der Waals surface area contributed by atoms with Crippen LogP contribution in [0.25, 0.3) is 0 Å². The summed E-state index contributed by atoms with van der Waals surface area (Å²) in [7, 11) is 0. The molecule has 0 heterocycles. The van der Waals surface area contributed by atoms with Crippen molar-refractivity contribution in [3.8, 4) is 0 Å². The van der Waals surface area contributed by atoms with Crippen molar-refractivity contribution in [3.05, 3.63) is 35.4 Å². The van der Waals surface area contributed by atoms with Gasteiger partial charge in [-0.05, 0) is 26.3 Å². The van der Waals surface area contributed by atoms with Crippen LogP contribution in [-0.2, 0) is 5.54 Å². The van der Waals surface area contributed by atoms with Crippen LogP contribution in [0.1, 0.15) is 25.0 Å². The van der Waals surface area contributed by atoms with Gasteiger partial charge in [0.2, 0.25) is 0 Å². The standard InChI is InChI=1S/C10H16N2/c1-8-4-6-9(7-5-8)10(2,3)12-11/h4-7,12H,11H2,1-3H3. The largest absolute Gasteiger partial charge is 0.271 e. The first kappa shape index (κ1) is 9.23. The van der Waals surface area contributed by atoms with E-state index < -0.39 is 0 Å². The third kappa shape index (κ3) is 1.84. The fourth-order valence-electron chi connectivity index (χ4n) is 1.05. The van der Waals surface area contributed by atoms with Gasteiger partial charge in [0.25, 0.3) is 0 Å². The number of nitrogens with one attached hydrogen (secondary N) is 1. The molecule has 1 rings (SSSR count). The Balaban J connectivity index is 2.96. The van der Waals surface area contributed by atoms with Crippen LogP contribution in [0.5, 0.6) is 0 Å². The second-order valence-electron chi connectivity index (χ2n) is 3.64. The molecule has 66 valence electrons. The number of rotatable bonds is 2. The number of aryl methyl sites for hydroxylation is 1. The lowest BCUT2D eigenvalue weighted by Crippen LogP contribution is -2.41. The van der Waals surface area contributed by atoms with E-state index >= 15 is 0 Å². The maximum atomic E-state index is 5.43. The first-order valence-corrected chi connectivity index (χ1v) is 4.11. The molecule has 0 radical (unpaired) electrons. The van der Waals surface area contributed by atoms with Crippen molar-refractivity contribution in [3.63, 3.8) is 0 Å². The van der Waals surface area contributed by atoms with Gasteiger partial charge in [0.1, 0.15) is 0 Å². The lowest BCUT2D eigenvalue weighted by atomic mass is 9.94. The van der Waals surface area contributed by atoms with Gasteiger partial charge in [0.15, 0.2) is 0 Å². The monoisotopic (exact) mass is 164 g/mol. The number of hydrogen-bond acceptors (Lipinski definition) is 2. The molecule has 3 N–H and O–H groups in total. The van der Waals surface area contributed by atoms with Crippen molar-refractivity contribution in [2.75, 3.05) is 0 Å². The van der Waals surface area contributed by atoms with Gasteiger partial charge < -0.3 is 0 Å². The van der Waals surface area contributed by atoms with Gasteiger partial charge in [-0.3, -0.25) is 11.3 Å². The van der Waals surface area contributed by atoms with Crippen LogP contribution in [0.2, 0.25) is 0 Å².